The number of hydrogen-bond donors (Lipinski definition) is 1. The maximum Gasteiger partial charge on any atom is 0.303 e. The van der Waals surface area contributed by atoms with Gasteiger partial charge in [-0.05, 0) is 18.8 Å². The lowest BCUT2D eigenvalue weighted by atomic mass is 10.0. The first-order valence-electron chi connectivity index (χ1n) is 4.53. The second-order valence-electron chi connectivity index (χ2n) is 3.20. The third-order valence-electron chi connectivity index (χ3n) is 1.68. The van der Waals surface area contributed by atoms with Crippen LogP contribution in [0.2, 0.25) is 0 Å². The van der Waals surface area contributed by atoms with Crippen molar-refractivity contribution in [1.29, 1.82) is 0 Å². The molecule has 0 amide bonds. The number of carboxylic acid groups (broad SMARTS) is 1. The minimum atomic E-state index is -0.702. The lowest BCUT2D eigenvalue weighted by Gasteiger charge is -2.02. The fourth-order valence-electron chi connectivity index (χ4n) is 0.994. The highest BCUT2D eigenvalue weighted by molar-refractivity contribution is 5.66. The van der Waals surface area contributed by atoms with E-state index >= 15 is 0 Å². The van der Waals surface area contributed by atoms with Crippen molar-refractivity contribution in [3.63, 3.8) is 0 Å². The predicted molar refractivity (Wildman–Crippen MR) is 50.1 cm³/mol. The summed E-state index contributed by atoms with van der Waals surface area (Å²) in [5.41, 5.74) is 0. The average molecular weight is 170 g/mol. The lowest BCUT2D eigenvalue weighted by molar-refractivity contribution is -0.137. The highest BCUT2D eigenvalue weighted by atomic mass is 16.4. The molecule has 0 saturated carbocycles. The number of carboxylic acids is 1. The number of carbonyl (C=O) groups is 1. The normalized spacial score (nSPS) is 13.5. The smallest absolute Gasteiger partial charge is 0.303 e. The van der Waals surface area contributed by atoms with Crippen LogP contribution in [0.15, 0.2) is 12.2 Å². The zero-order valence-corrected chi connectivity index (χ0v) is 7.92. The van der Waals surface area contributed by atoms with Crippen molar-refractivity contribution in [2.45, 2.75) is 39.5 Å². The van der Waals surface area contributed by atoms with Gasteiger partial charge in [-0.3, -0.25) is 4.79 Å². The molecule has 12 heavy (non-hydrogen) atoms. The van der Waals surface area contributed by atoms with Crippen LogP contribution < -0.4 is 0 Å². The minimum Gasteiger partial charge on any atom is -0.481 e. The first kappa shape index (κ1) is 11.2. The van der Waals surface area contributed by atoms with Gasteiger partial charge in [-0.1, -0.05) is 32.4 Å². The highest BCUT2D eigenvalue weighted by Crippen LogP contribution is 2.08. The second-order valence-corrected chi connectivity index (χ2v) is 3.20. The Balaban J connectivity index is 3.42. The van der Waals surface area contributed by atoms with Crippen molar-refractivity contribution in [1.82, 2.24) is 0 Å². The van der Waals surface area contributed by atoms with Crippen LogP contribution in [0.25, 0.3) is 0 Å². The summed E-state index contributed by atoms with van der Waals surface area (Å²) >= 11 is 0. The fourth-order valence-corrected chi connectivity index (χ4v) is 0.994. The van der Waals surface area contributed by atoms with E-state index in [1.54, 1.807) is 0 Å². The summed E-state index contributed by atoms with van der Waals surface area (Å²) in [7, 11) is 0. The van der Waals surface area contributed by atoms with Crippen molar-refractivity contribution in [3.05, 3.63) is 12.2 Å². The quantitative estimate of drug-likeness (QED) is 0.622. The zero-order chi connectivity index (χ0) is 9.40. The SMILES string of the molecule is CCCC=CC[C@@H](C)CC(=O)O. The van der Waals surface area contributed by atoms with E-state index in [-0.39, 0.29) is 12.3 Å². The van der Waals surface area contributed by atoms with Gasteiger partial charge in [-0.25, -0.2) is 0 Å². The van der Waals surface area contributed by atoms with Crippen LogP contribution in [0.3, 0.4) is 0 Å². The summed E-state index contributed by atoms with van der Waals surface area (Å²) in [6.45, 7) is 4.09. The fraction of sp³-hybridized carbons (Fsp3) is 0.700. The molecule has 0 unspecified atom stereocenters. The van der Waals surface area contributed by atoms with Gasteiger partial charge in [0.1, 0.15) is 0 Å². The summed E-state index contributed by atoms with van der Waals surface area (Å²) < 4.78 is 0. The first-order chi connectivity index (χ1) is 5.66. The first-order valence-corrected chi connectivity index (χ1v) is 4.53. The van der Waals surface area contributed by atoms with Crippen LogP contribution in [-0.2, 0) is 4.79 Å². The molecular formula is C10H18O2. The van der Waals surface area contributed by atoms with E-state index in [4.69, 9.17) is 5.11 Å². The largest absolute Gasteiger partial charge is 0.481 e. The highest BCUT2D eigenvalue weighted by Gasteiger charge is 2.04. The van der Waals surface area contributed by atoms with Crippen molar-refractivity contribution in [2.24, 2.45) is 5.92 Å². The van der Waals surface area contributed by atoms with E-state index < -0.39 is 5.97 Å². The molecule has 0 saturated heterocycles. The summed E-state index contributed by atoms with van der Waals surface area (Å²) in [6, 6.07) is 0. The van der Waals surface area contributed by atoms with Gasteiger partial charge in [0, 0.05) is 6.42 Å². The molecule has 0 spiro atoms. The summed E-state index contributed by atoms with van der Waals surface area (Å²) in [5, 5.41) is 8.46. The molecule has 0 radical (unpaired) electrons. The van der Waals surface area contributed by atoms with Crippen LogP contribution in [0.5, 0.6) is 0 Å². The molecule has 0 aliphatic carbocycles. The Kier molecular flexibility index (Phi) is 6.44. The molecule has 0 aromatic carbocycles. The molecule has 0 heterocycles. The summed E-state index contributed by atoms with van der Waals surface area (Å²) in [6.07, 6.45) is 7.61. The predicted octanol–water partition coefficient (Wildman–Crippen LogP) is 2.84. The molecule has 0 aromatic rings. The van der Waals surface area contributed by atoms with Gasteiger partial charge in [0.25, 0.3) is 0 Å². The number of hydrogen-bond acceptors (Lipinski definition) is 1. The Morgan fingerprint density at radius 2 is 2.17 bits per heavy atom. The molecule has 0 aliphatic heterocycles. The molecule has 0 bridgehead atoms. The average Bonchev–Trinajstić information content (AvgIpc) is 1.97. The molecule has 0 fully saturated rings. The van der Waals surface area contributed by atoms with Gasteiger partial charge in [-0.2, -0.15) is 0 Å². The molecule has 1 N–H and O–H groups in total. The van der Waals surface area contributed by atoms with Crippen LogP contribution in [0.4, 0.5) is 0 Å². The Morgan fingerprint density at radius 1 is 1.50 bits per heavy atom. The topological polar surface area (TPSA) is 37.3 Å². The maximum absolute atomic E-state index is 10.3. The lowest BCUT2D eigenvalue weighted by Crippen LogP contribution is -2.02. The van der Waals surface area contributed by atoms with Crippen LogP contribution >= 0.6 is 0 Å². The third-order valence-corrected chi connectivity index (χ3v) is 1.68. The maximum atomic E-state index is 10.3. The van der Waals surface area contributed by atoms with Gasteiger partial charge in [-0.15, -0.1) is 0 Å². The summed E-state index contributed by atoms with van der Waals surface area (Å²) in [4.78, 5) is 10.3. The summed E-state index contributed by atoms with van der Waals surface area (Å²) in [5.74, 6) is -0.443. The van der Waals surface area contributed by atoms with Gasteiger partial charge in [0.05, 0.1) is 0 Å². The zero-order valence-electron chi connectivity index (χ0n) is 7.92. The Labute approximate surface area is 74.3 Å². The molecule has 0 aliphatic rings. The van der Waals surface area contributed by atoms with Crippen molar-refractivity contribution in [3.8, 4) is 0 Å². The van der Waals surface area contributed by atoms with E-state index in [1.165, 1.54) is 0 Å². The van der Waals surface area contributed by atoms with E-state index in [1.807, 2.05) is 6.92 Å². The van der Waals surface area contributed by atoms with E-state index in [0.29, 0.717) is 0 Å². The van der Waals surface area contributed by atoms with Crippen molar-refractivity contribution < 1.29 is 9.90 Å². The minimum absolute atomic E-state index is 0.260. The Hall–Kier alpha value is -0.790. The molecule has 1 atom stereocenters. The van der Waals surface area contributed by atoms with Crippen molar-refractivity contribution >= 4 is 5.97 Å². The molecule has 70 valence electrons. The van der Waals surface area contributed by atoms with Gasteiger partial charge in [0.15, 0.2) is 0 Å². The number of rotatable bonds is 6. The van der Waals surface area contributed by atoms with Crippen LogP contribution in [0.1, 0.15) is 39.5 Å². The third kappa shape index (κ3) is 7.32. The van der Waals surface area contributed by atoms with Crippen LogP contribution in [0, 0.1) is 5.92 Å². The van der Waals surface area contributed by atoms with Gasteiger partial charge in [0.2, 0.25) is 0 Å². The monoisotopic (exact) mass is 170 g/mol. The number of allylic oxidation sites excluding steroid dienone is 2. The van der Waals surface area contributed by atoms with Crippen molar-refractivity contribution in [2.75, 3.05) is 0 Å². The molecule has 2 heteroatoms. The second kappa shape index (κ2) is 6.89. The molecule has 2 nitrogen and oxygen atoms in total. The number of unbranched alkanes of at least 4 members (excludes halogenated alkanes) is 1. The molecular weight excluding hydrogens is 152 g/mol. The molecule has 0 aromatic heterocycles. The standard InChI is InChI=1S/C10H18O2/c1-3-4-5-6-7-9(2)8-10(11)12/h5-6,9H,3-4,7-8H2,1-2H3,(H,11,12)/t9-/m1/s1. The van der Waals surface area contributed by atoms with Crippen LogP contribution in [-0.4, -0.2) is 11.1 Å². The Bertz CT molecular complexity index is 150. The number of aliphatic carboxylic acids is 1. The van der Waals surface area contributed by atoms with Gasteiger partial charge >= 0.3 is 5.97 Å². The van der Waals surface area contributed by atoms with E-state index in [9.17, 15) is 4.79 Å². The van der Waals surface area contributed by atoms with Gasteiger partial charge < -0.3 is 5.11 Å². The van der Waals surface area contributed by atoms with E-state index in [2.05, 4.69) is 19.1 Å². The Morgan fingerprint density at radius 3 is 2.67 bits per heavy atom. The van der Waals surface area contributed by atoms with E-state index in [0.717, 1.165) is 19.3 Å². The molecule has 0 rings (SSSR count).